The van der Waals surface area contributed by atoms with Gasteiger partial charge in [0.1, 0.15) is 6.04 Å². The molecule has 3 atom stereocenters. The van der Waals surface area contributed by atoms with E-state index in [1.54, 1.807) is 7.05 Å². The van der Waals surface area contributed by atoms with Crippen LogP contribution in [0.1, 0.15) is 12.0 Å². The van der Waals surface area contributed by atoms with Crippen molar-refractivity contribution in [3.63, 3.8) is 0 Å². The Hall–Kier alpha value is -1.44. The van der Waals surface area contributed by atoms with Gasteiger partial charge in [0, 0.05) is 32.7 Å². The van der Waals surface area contributed by atoms with Gasteiger partial charge in [0.15, 0.2) is 0 Å². The van der Waals surface area contributed by atoms with Crippen molar-refractivity contribution in [1.29, 1.82) is 0 Å². The van der Waals surface area contributed by atoms with Gasteiger partial charge in [-0.05, 0) is 17.9 Å². The van der Waals surface area contributed by atoms with Gasteiger partial charge in [0.05, 0.1) is 6.26 Å². The molecule has 3 rings (SSSR count). The van der Waals surface area contributed by atoms with E-state index in [4.69, 9.17) is 0 Å². The number of hydrogen-bond acceptors (Lipinski definition) is 4. The Morgan fingerprint density at radius 2 is 1.96 bits per heavy atom. The molecule has 6 nitrogen and oxygen atoms in total. The number of amides is 1. The lowest BCUT2D eigenvalue weighted by Crippen LogP contribution is -2.49. The Morgan fingerprint density at radius 3 is 2.57 bits per heavy atom. The molecule has 0 aromatic heterocycles. The molecule has 0 aliphatic carbocycles. The Bertz CT molecular complexity index is 677. The number of nitrogens with zero attached hydrogens (tertiary/aromatic N) is 2. The highest BCUT2D eigenvalue weighted by Gasteiger charge is 2.52. The van der Waals surface area contributed by atoms with Crippen LogP contribution in [0, 0.1) is 5.92 Å². The highest BCUT2D eigenvalue weighted by molar-refractivity contribution is 7.88. The van der Waals surface area contributed by atoms with Crippen LogP contribution in [0.3, 0.4) is 0 Å². The van der Waals surface area contributed by atoms with Crippen LogP contribution in [0.4, 0.5) is 0 Å². The molecule has 2 aliphatic rings. The van der Waals surface area contributed by atoms with E-state index in [2.05, 4.69) is 22.3 Å². The molecule has 2 aliphatic heterocycles. The fourth-order valence-corrected chi connectivity index (χ4v) is 5.29. The summed E-state index contributed by atoms with van der Waals surface area (Å²) in [4.78, 5) is 14.3. The van der Waals surface area contributed by atoms with Crippen molar-refractivity contribution in [3.05, 3.63) is 35.9 Å². The van der Waals surface area contributed by atoms with Crippen LogP contribution < -0.4 is 5.32 Å². The SMILES string of the molecule is CNC(=O)[C@H]1C[C@@H]2CN(Cc3ccccc3)C[C@@H]2N1S(C)(=O)=O. The maximum atomic E-state index is 12.2. The van der Waals surface area contributed by atoms with Gasteiger partial charge in [0.25, 0.3) is 0 Å². The number of sulfonamides is 1. The Kier molecular flexibility index (Phi) is 4.44. The number of hydrogen-bond donors (Lipinski definition) is 1. The summed E-state index contributed by atoms with van der Waals surface area (Å²) in [5, 5.41) is 2.59. The number of carbonyl (C=O) groups excluding carboxylic acids is 1. The summed E-state index contributed by atoms with van der Waals surface area (Å²) in [6.07, 6.45) is 1.80. The van der Waals surface area contributed by atoms with E-state index in [9.17, 15) is 13.2 Å². The Morgan fingerprint density at radius 1 is 1.26 bits per heavy atom. The van der Waals surface area contributed by atoms with Crippen LogP contribution in [-0.4, -0.2) is 62.0 Å². The zero-order valence-electron chi connectivity index (χ0n) is 13.5. The lowest BCUT2D eigenvalue weighted by Gasteiger charge is -2.27. The van der Waals surface area contributed by atoms with Gasteiger partial charge in [-0.3, -0.25) is 9.69 Å². The number of carbonyl (C=O) groups is 1. The molecule has 1 N–H and O–H groups in total. The molecule has 7 heteroatoms. The lowest BCUT2D eigenvalue weighted by atomic mass is 10.0. The fourth-order valence-electron chi connectivity index (χ4n) is 3.92. The van der Waals surface area contributed by atoms with E-state index in [1.165, 1.54) is 16.1 Å². The van der Waals surface area contributed by atoms with Crippen molar-refractivity contribution in [2.45, 2.75) is 25.0 Å². The largest absolute Gasteiger partial charge is 0.358 e. The molecule has 2 saturated heterocycles. The van der Waals surface area contributed by atoms with Gasteiger partial charge < -0.3 is 5.32 Å². The average molecular weight is 337 g/mol. The number of benzene rings is 1. The number of likely N-dealkylation sites (tertiary alicyclic amines) is 1. The van der Waals surface area contributed by atoms with Crippen LogP contribution in [0.5, 0.6) is 0 Å². The zero-order valence-corrected chi connectivity index (χ0v) is 14.3. The van der Waals surface area contributed by atoms with Crippen molar-refractivity contribution in [3.8, 4) is 0 Å². The van der Waals surface area contributed by atoms with E-state index < -0.39 is 16.1 Å². The Balaban J connectivity index is 1.76. The minimum absolute atomic E-state index is 0.101. The van der Waals surface area contributed by atoms with Crippen LogP contribution in [0.2, 0.25) is 0 Å². The molecule has 126 valence electrons. The predicted octanol–water partition coefficient (Wildman–Crippen LogP) is 0.267. The van der Waals surface area contributed by atoms with Crippen LogP contribution in [-0.2, 0) is 21.4 Å². The average Bonchev–Trinajstić information content (AvgIpc) is 3.03. The molecule has 0 saturated carbocycles. The molecule has 0 bridgehead atoms. The van der Waals surface area contributed by atoms with Gasteiger partial charge in [-0.15, -0.1) is 0 Å². The first kappa shape index (κ1) is 16.4. The van der Waals surface area contributed by atoms with Crippen LogP contribution in [0.25, 0.3) is 0 Å². The molecule has 1 aromatic rings. The third-order valence-corrected chi connectivity index (χ3v) is 6.11. The molecule has 1 amide bonds. The summed E-state index contributed by atoms with van der Waals surface area (Å²) in [5.41, 5.74) is 1.22. The smallest absolute Gasteiger partial charge is 0.238 e. The van der Waals surface area contributed by atoms with Gasteiger partial charge in [-0.25, -0.2) is 8.42 Å². The standard InChI is InChI=1S/C16H23N3O3S/c1-17-16(20)14-8-13-10-18(9-12-6-4-3-5-7-12)11-15(13)19(14)23(2,21)22/h3-7,13-15H,8-11H2,1-2H3,(H,17,20)/t13-,14-,15+/m1/s1. The minimum Gasteiger partial charge on any atom is -0.358 e. The number of nitrogens with one attached hydrogen (secondary N) is 1. The normalized spacial score (nSPS) is 28.7. The predicted molar refractivity (Wildman–Crippen MR) is 88.2 cm³/mol. The first-order valence-corrected chi connectivity index (χ1v) is 9.71. The summed E-state index contributed by atoms with van der Waals surface area (Å²) >= 11 is 0. The monoisotopic (exact) mass is 337 g/mol. The summed E-state index contributed by atoms with van der Waals surface area (Å²) in [7, 11) is -1.86. The minimum atomic E-state index is -3.41. The van der Waals surface area contributed by atoms with Crippen molar-refractivity contribution in [1.82, 2.24) is 14.5 Å². The van der Waals surface area contributed by atoms with Crippen molar-refractivity contribution in [2.75, 3.05) is 26.4 Å². The first-order valence-electron chi connectivity index (χ1n) is 7.86. The van der Waals surface area contributed by atoms with E-state index in [0.29, 0.717) is 13.0 Å². The Labute approximate surface area is 137 Å². The summed E-state index contributed by atoms with van der Waals surface area (Å²) in [6.45, 7) is 2.33. The van der Waals surface area contributed by atoms with Gasteiger partial charge in [-0.2, -0.15) is 4.31 Å². The second kappa shape index (κ2) is 6.22. The first-order chi connectivity index (χ1) is 10.9. The third kappa shape index (κ3) is 3.27. The maximum Gasteiger partial charge on any atom is 0.238 e. The van der Waals surface area contributed by atoms with E-state index in [-0.39, 0.29) is 17.9 Å². The number of fused-ring (bicyclic) bond motifs is 1. The van der Waals surface area contributed by atoms with E-state index in [1.807, 2.05) is 18.2 Å². The van der Waals surface area contributed by atoms with Gasteiger partial charge in [0.2, 0.25) is 15.9 Å². The topological polar surface area (TPSA) is 69.7 Å². The fraction of sp³-hybridized carbons (Fsp3) is 0.562. The number of rotatable bonds is 4. The molecule has 0 radical (unpaired) electrons. The lowest BCUT2D eigenvalue weighted by molar-refractivity contribution is -0.124. The molecule has 0 spiro atoms. The molecule has 0 unspecified atom stereocenters. The third-order valence-electron chi connectivity index (χ3n) is 4.82. The molecule has 1 aromatic carbocycles. The molecule has 2 heterocycles. The molecular formula is C16H23N3O3S. The highest BCUT2D eigenvalue weighted by atomic mass is 32.2. The van der Waals surface area contributed by atoms with Gasteiger partial charge >= 0.3 is 0 Å². The highest BCUT2D eigenvalue weighted by Crippen LogP contribution is 2.37. The maximum absolute atomic E-state index is 12.2. The van der Waals surface area contributed by atoms with E-state index >= 15 is 0 Å². The zero-order chi connectivity index (χ0) is 16.6. The van der Waals surface area contributed by atoms with E-state index in [0.717, 1.165) is 13.1 Å². The van der Waals surface area contributed by atoms with Crippen LogP contribution in [0.15, 0.2) is 30.3 Å². The van der Waals surface area contributed by atoms with Crippen molar-refractivity contribution >= 4 is 15.9 Å². The van der Waals surface area contributed by atoms with Gasteiger partial charge in [-0.1, -0.05) is 30.3 Å². The summed E-state index contributed by atoms with van der Waals surface area (Å²) in [6, 6.07) is 9.50. The summed E-state index contributed by atoms with van der Waals surface area (Å²) in [5.74, 6) is 0.00942. The van der Waals surface area contributed by atoms with Crippen molar-refractivity contribution < 1.29 is 13.2 Å². The van der Waals surface area contributed by atoms with Crippen molar-refractivity contribution in [2.24, 2.45) is 5.92 Å². The van der Waals surface area contributed by atoms with Crippen LogP contribution >= 0.6 is 0 Å². The number of likely N-dealkylation sites (N-methyl/N-ethyl adjacent to an activating group) is 1. The quantitative estimate of drug-likeness (QED) is 0.856. The molecule has 23 heavy (non-hydrogen) atoms. The molecule has 2 fully saturated rings. The summed E-state index contributed by atoms with van der Waals surface area (Å²) < 4.78 is 25.8. The molecular weight excluding hydrogens is 314 g/mol. The second-order valence-electron chi connectivity index (χ2n) is 6.47. The second-order valence-corrected chi connectivity index (χ2v) is 8.35.